The SMILES string of the molecule is CN1C(=O)COc2c(OCC(=O)NC34CCC(NC(=O)O)(CC3)C(O)C4)cc(Cl)cc21. The number of carboxylic acid groups (broad SMARTS) is 1. The summed E-state index contributed by atoms with van der Waals surface area (Å²) in [6, 6.07) is 3.11. The predicted octanol–water partition coefficient (Wildman–Crippen LogP) is 1.27. The number of nitrogens with one attached hydrogen (secondary N) is 2. The van der Waals surface area contributed by atoms with Crippen molar-refractivity contribution in [3.8, 4) is 11.5 Å². The van der Waals surface area contributed by atoms with Crippen molar-refractivity contribution in [3.05, 3.63) is 17.2 Å². The van der Waals surface area contributed by atoms with Crippen LogP contribution >= 0.6 is 11.6 Å². The van der Waals surface area contributed by atoms with Crippen LogP contribution in [-0.2, 0) is 9.59 Å². The van der Waals surface area contributed by atoms with Crippen LogP contribution in [0, 0.1) is 0 Å². The highest BCUT2D eigenvalue weighted by atomic mass is 35.5. The molecular weight excluding hydrogens is 430 g/mol. The molecule has 1 heterocycles. The molecule has 0 aromatic heterocycles. The Morgan fingerprint density at radius 3 is 2.65 bits per heavy atom. The van der Waals surface area contributed by atoms with E-state index >= 15 is 0 Å². The van der Waals surface area contributed by atoms with Crippen molar-refractivity contribution >= 4 is 35.2 Å². The van der Waals surface area contributed by atoms with E-state index in [1.807, 2.05) is 0 Å². The van der Waals surface area contributed by atoms with Gasteiger partial charge in [0.1, 0.15) is 0 Å². The van der Waals surface area contributed by atoms with Crippen molar-refractivity contribution in [3.63, 3.8) is 0 Å². The number of halogens is 1. The molecule has 0 saturated heterocycles. The molecule has 0 radical (unpaired) electrons. The van der Waals surface area contributed by atoms with E-state index < -0.39 is 23.3 Å². The molecule has 1 unspecified atom stereocenters. The zero-order valence-corrected chi connectivity index (χ0v) is 17.7. The van der Waals surface area contributed by atoms with E-state index in [0.29, 0.717) is 42.1 Å². The molecule has 3 saturated carbocycles. The minimum Gasteiger partial charge on any atom is -0.480 e. The summed E-state index contributed by atoms with van der Waals surface area (Å²) in [5, 5.41) is 25.4. The molecule has 5 rings (SSSR count). The van der Waals surface area contributed by atoms with Crippen LogP contribution in [0.2, 0.25) is 5.02 Å². The molecule has 4 N–H and O–H groups in total. The standard InChI is InChI=1S/C20H24ClN3O7/c1-24-12-6-11(21)7-13(17(12)31-10-16(24)27)30-9-15(26)22-19-2-4-20(5-3-19,14(25)8-19)23-18(28)29/h6-7,14,23,25H,2-5,8-10H2,1H3,(H,22,26)(H,28,29). The number of carbonyl (C=O) groups is 3. The second-order valence-corrected chi connectivity index (χ2v) is 8.85. The summed E-state index contributed by atoms with van der Waals surface area (Å²) < 4.78 is 11.1. The molecule has 31 heavy (non-hydrogen) atoms. The van der Waals surface area contributed by atoms with Gasteiger partial charge >= 0.3 is 6.09 Å². The third kappa shape index (κ3) is 3.97. The number of fused-ring (bicyclic) bond motifs is 4. The lowest BCUT2D eigenvalue weighted by Gasteiger charge is -2.55. The average molecular weight is 454 g/mol. The van der Waals surface area contributed by atoms with Crippen LogP contribution in [0.15, 0.2) is 12.1 Å². The number of aliphatic hydroxyl groups excluding tert-OH is 1. The Labute approximate surface area is 183 Å². The van der Waals surface area contributed by atoms with Crippen LogP contribution in [0.5, 0.6) is 11.5 Å². The predicted molar refractivity (Wildman–Crippen MR) is 110 cm³/mol. The van der Waals surface area contributed by atoms with Crippen LogP contribution in [0.4, 0.5) is 10.5 Å². The second kappa shape index (κ2) is 7.76. The molecule has 11 heteroatoms. The number of aliphatic hydroxyl groups is 1. The third-order valence-corrected chi connectivity index (χ3v) is 6.73. The fourth-order valence-electron chi connectivity index (χ4n) is 4.77. The molecule has 3 fully saturated rings. The number of hydrogen-bond acceptors (Lipinski definition) is 6. The fourth-order valence-corrected chi connectivity index (χ4v) is 4.97. The smallest absolute Gasteiger partial charge is 0.405 e. The number of ether oxygens (including phenoxy) is 2. The highest BCUT2D eigenvalue weighted by Crippen LogP contribution is 2.47. The van der Waals surface area contributed by atoms with Crippen molar-refractivity contribution in [2.45, 2.75) is 49.3 Å². The fraction of sp³-hybridized carbons (Fsp3) is 0.550. The highest BCUT2D eigenvalue weighted by molar-refractivity contribution is 6.31. The molecule has 3 amide bonds. The van der Waals surface area contributed by atoms with Crippen molar-refractivity contribution < 1.29 is 34.1 Å². The number of carbonyl (C=O) groups excluding carboxylic acids is 2. The quantitative estimate of drug-likeness (QED) is 0.526. The van der Waals surface area contributed by atoms with Gasteiger partial charge in [-0.1, -0.05) is 11.6 Å². The van der Waals surface area contributed by atoms with E-state index in [9.17, 15) is 19.5 Å². The van der Waals surface area contributed by atoms with E-state index in [2.05, 4.69) is 10.6 Å². The number of amides is 3. The van der Waals surface area contributed by atoms with Gasteiger partial charge in [-0.2, -0.15) is 0 Å². The van der Waals surface area contributed by atoms with Gasteiger partial charge in [-0.15, -0.1) is 0 Å². The largest absolute Gasteiger partial charge is 0.480 e. The molecular formula is C20H24ClN3O7. The summed E-state index contributed by atoms with van der Waals surface area (Å²) in [5.41, 5.74) is -0.989. The topological polar surface area (TPSA) is 137 Å². The highest BCUT2D eigenvalue weighted by Gasteiger charge is 2.55. The van der Waals surface area contributed by atoms with E-state index in [-0.39, 0.29) is 37.2 Å². The Morgan fingerprint density at radius 1 is 1.29 bits per heavy atom. The molecule has 0 spiro atoms. The van der Waals surface area contributed by atoms with Gasteiger partial charge in [-0.3, -0.25) is 9.59 Å². The van der Waals surface area contributed by atoms with Crippen LogP contribution in [0.3, 0.4) is 0 Å². The Balaban J connectivity index is 1.41. The molecule has 1 aliphatic heterocycles. The van der Waals surface area contributed by atoms with Gasteiger partial charge in [0.05, 0.1) is 17.3 Å². The lowest BCUT2D eigenvalue weighted by atomic mass is 9.60. The zero-order valence-electron chi connectivity index (χ0n) is 16.9. The van der Waals surface area contributed by atoms with E-state index in [4.69, 9.17) is 26.2 Å². The van der Waals surface area contributed by atoms with Gasteiger partial charge < -0.3 is 35.2 Å². The van der Waals surface area contributed by atoms with E-state index in [1.165, 1.54) is 11.0 Å². The normalized spacial score (nSPS) is 29.1. The van der Waals surface area contributed by atoms with Crippen LogP contribution in [0.25, 0.3) is 0 Å². The number of rotatable bonds is 5. The summed E-state index contributed by atoms with van der Waals surface area (Å²) in [6.07, 6.45) is 0.216. The number of nitrogens with zero attached hydrogens (tertiary/aromatic N) is 1. The van der Waals surface area contributed by atoms with E-state index in [1.54, 1.807) is 13.1 Å². The zero-order chi connectivity index (χ0) is 22.4. The maximum Gasteiger partial charge on any atom is 0.405 e. The Morgan fingerprint density at radius 2 is 2.00 bits per heavy atom. The molecule has 10 nitrogen and oxygen atoms in total. The Kier molecular flexibility index (Phi) is 5.38. The van der Waals surface area contributed by atoms with Gasteiger partial charge in [0, 0.05) is 23.7 Å². The summed E-state index contributed by atoms with van der Waals surface area (Å²) >= 11 is 6.13. The maximum atomic E-state index is 12.6. The maximum absolute atomic E-state index is 12.6. The van der Waals surface area contributed by atoms with Crippen LogP contribution < -0.4 is 25.0 Å². The number of anilines is 1. The van der Waals surface area contributed by atoms with Crippen molar-refractivity contribution in [1.82, 2.24) is 10.6 Å². The molecule has 1 aromatic carbocycles. The summed E-state index contributed by atoms with van der Waals surface area (Å²) in [4.78, 5) is 37.0. The summed E-state index contributed by atoms with van der Waals surface area (Å²) in [6.45, 7) is -0.440. The van der Waals surface area contributed by atoms with Crippen molar-refractivity contribution in [2.24, 2.45) is 0 Å². The van der Waals surface area contributed by atoms with Gasteiger partial charge in [-0.05, 0) is 38.2 Å². The first kappa shape index (κ1) is 21.5. The number of hydrogen-bond donors (Lipinski definition) is 4. The molecule has 1 atom stereocenters. The molecule has 1 aromatic rings. The van der Waals surface area contributed by atoms with Crippen molar-refractivity contribution in [2.75, 3.05) is 25.2 Å². The van der Waals surface area contributed by atoms with Crippen LogP contribution in [-0.4, -0.2) is 65.6 Å². The van der Waals surface area contributed by atoms with E-state index in [0.717, 1.165) is 0 Å². The first-order valence-corrected chi connectivity index (χ1v) is 10.4. The van der Waals surface area contributed by atoms with Crippen molar-refractivity contribution in [1.29, 1.82) is 0 Å². The van der Waals surface area contributed by atoms with Gasteiger partial charge in [0.2, 0.25) is 0 Å². The lowest BCUT2D eigenvalue weighted by Crippen LogP contribution is -2.70. The molecule has 2 bridgehead atoms. The lowest BCUT2D eigenvalue weighted by molar-refractivity contribution is -0.129. The number of benzene rings is 1. The molecule has 168 valence electrons. The van der Waals surface area contributed by atoms with Gasteiger partial charge in [0.15, 0.2) is 24.7 Å². The van der Waals surface area contributed by atoms with Gasteiger partial charge in [0.25, 0.3) is 11.8 Å². The number of likely N-dealkylation sites (N-methyl/N-ethyl adjacent to an activating group) is 1. The van der Waals surface area contributed by atoms with Gasteiger partial charge in [-0.25, -0.2) is 4.79 Å². The third-order valence-electron chi connectivity index (χ3n) is 6.52. The summed E-state index contributed by atoms with van der Waals surface area (Å²) in [7, 11) is 1.60. The minimum absolute atomic E-state index is 0.138. The molecule has 4 aliphatic rings. The van der Waals surface area contributed by atoms with Crippen LogP contribution in [0.1, 0.15) is 32.1 Å². The Hall–Kier alpha value is -2.72. The molecule has 3 aliphatic carbocycles. The first-order valence-electron chi connectivity index (χ1n) is 9.99. The monoisotopic (exact) mass is 453 g/mol. The minimum atomic E-state index is -1.16. The Bertz CT molecular complexity index is 930. The first-order chi connectivity index (χ1) is 14.6. The average Bonchev–Trinajstić information content (AvgIpc) is 2.70. The second-order valence-electron chi connectivity index (χ2n) is 8.42. The summed E-state index contributed by atoms with van der Waals surface area (Å²) in [5.74, 6) is 0.000169.